The van der Waals surface area contributed by atoms with Crippen LogP contribution in [-0.4, -0.2) is 122 Å². The van der Waals surface area contributed by atoms with Crippen LogP contribution in [0.15, 0.2) is 95.2 Å². The molecule has 4 aromatic carbocycles. The second-order valence-electron chi connectivity index (χ2n) is 19.3. The lowest BCUT2D eigenvalue weighted by atomic mass is 9.93. The second kappa shape index (κ2) is 20.5. The van der Waals surface area contributed by atoms with Crippen molar-refractivity contribution in [3.63, 3.8) is 0 Å². The molecular weight excluding hydrogens is 885 g/mol. The van der Waals surface area contributed by atoms with Crippen LogP contribution in [0.5, 0.6) is 17.2 Å². The number of hydrogen-bond donors (Lipinski definition) is 2. The van der Waals surface area contributed by atoms with E-state index in [0.29, 0.717) is 77.9 Å². The number of nitrogens with zero attached hydrogens (tertiary/aromatic N) is 6. The number of anilines is 2. The molecule has 5 heterocycles. The third kappa shape index (κ3) is 10.1. The monoisotopic (exact) mass is 946 g/mol. The Kier molecular flexibility index (Phi) is 14.0. The molecule has 3 N–H and O–H groups in total. The van der Waals surface area contributed by atoms with E-state index in [2.05, 4.69) is 46.4 Å². The molecular formula is C55H62N8O7. The Balaban J connectivity index is 0.774. The zero-order valence-electron chi connectivity index (χ0n) is 40.8. The van der Waals surface area contributed by atoms with Crippen LogP contribution in [0, 0.1) is 18.8 Å². The maximum atomic E-state index is 14.0. The number of Topliss-reactive ketones (excluding diaryl/α,β-unsaturated/α-hetero) is 1. The number of carbonyl (C=O) groups excluding carboxylic acids is 4. The highest BCUT2D eigenvalue weighted by Crippen LogP contribution is 2.41. The van der Waals surface area contributed by atoms with E-state index in [1.165, 1.54) is 5.69 Å². The highest BCUT2D eigenvalue weighted by atomic mass is 16.5. The molecule has 4 atom stereocenters. The number of fused-ring (bicyclic) bond motifs is 4. The van der Waals surface area contributed by atoms with Gasteiger partial charge in [0.2, 0.25) is 5.91 Å². The van der Waals surface area contributed by atoms with Crippen molar-refractivity contribution in [2.75, 3.05) is 63.8 Å². The number of likely N-dealkylation sites (N-methyl/N-ethyl adjacent to an activating group) is 1. The van der Waals surface area contributed by atoms with E-state index in [4.69, 9.17) is 29.9 Å². The quantitative estimate of drug-likeness (QED) is 0.105. The van der Waals surface area contributed by atoms with Crippen molar-refractivity contribution in [2.24, 2.45) is 27.6 Å². The van der Waals surface area contributed by atoms with Crippen LogP contribution in [0.1, 0.15) is 83.9 Å². The van der Waals surface area contributed by atoms with Crippen LogP contribution in [0.25, 0.3) is 11.1 Å². The predicted octanol–water partition coefficient (Wildman–Crippen LogP) is 8.06. The van der Waals surface area contributed by atoms with Gasteiger partial charge in [0.25, 0.3) is 11.8 Å². The fourth-order valence-electron chi connectivity index (χ4n) is 9.46. The highest BCUT2D eigenvalue weighted by Gasteiger charge is 2.35. The van der Waals surface area contributed by atoms with Crippen molar-refractivity contribution in [1.82, 2.24) is 14.7 Å². The fraction of sp³-hybridized carbons (Fsp3) is 0.382. The molecule has 15 heteroatoms. The number of carbonyl (C=O) groups is 4. The number of ketones is 1. The fourth-order valence-corrected chi connectivity index (χ4v) is 9.46. The summed E-state index contributed by atoms with van der Waals surface area (Å²) in [6.07, 6.45) is 9.37. The van der Waals surface area contributed by atoms with Crippen LogP contribution >= 0.6 is 0 Å². The molecule has 0 saturated carbocycles. The zero-order chi connectivity index (χ0) is 49.2. The van der Waals surface area contributed by atoms with E-state index in [1.54, 1.807) is 42.2 Å². The molecule has 9 rings (SSSR count). The summed E-state index contributed by atoms with van der Waals surface area (Å²) in [5.74, 6) is 0.396. The largest absolute Gasteiger partial charge is 0.493 e. The smallest absolute Gasteiger partial charge is 0.260 e. The maximum absolute atomic E-state index is 14.0. The van der Waals surface area contributed by atoms with Crippen LogP contribution in [0.4, 0.5) is 22.7 Å². The van der Waals surface area contributed by atoms with Crippen LogP contribution in [-0.2, 0) is 9.59 Å². The summed E-state index contributed by atoms with van der Waals surface area (Å²) in [4.78, 5) is 71.0. The Morgan fingerprint density at radius 3 is 1.86 bits per heavy atom. The average molecular weight is 947 g/mol. The minimum Gasteiger partial charge on any atom is -0.493 e. The van der Waals surface area contributed by atoms with E-state index < -0.39 is 12.0 Å². The molecule has 1 saturated heterocycles. The number of rotatable bonds is 16. The van der Waals surface area contributed by atoms with Gasteiger partial charge in [0.05, 0.1) is 61.0 Å². The molecule has 364 valence electrons. The molecule has 15 nitrogen and oxygen atoms in total. The van der Waals surface area contributed by atoms with Crippen LogP contribution in [0.2, 0.25) is 0 Å². The molecule has 0 aromatic heterocycles. The zero-order valence-corrected chi connectivity index (χ0v) is 40.8. The molecule has 0 spiro atoms. The normalized spacial score (nSPS) is 19.3. The second-order valence-corrected chi connectivity index (χ2v) is 19.3. The summed E-state index contributed by atoms with van der Waals surface area (Å²) in [7, 11) is 3.72. The van der Waals surface area contributed by atoms with Gasteiger partial charge < -0.3 is 44.9 Å². The first-order valence-corrected chi connectivity index (χ1v) is 24.3. The molecule has 5 aliphatic heterocycles. The number of piperazine rings is 1. The molecule has 0 unspecified atom stereocenters. The van der Waals surface area contributed by atoms with E-state index in [1.807, 2.05) is 75.8 Å². The molecule has 0 radical (unpaired) electrons. The first kappa shape index (κ1) is 47.9. The number of ether oxygens (including phenoxy) is 3. The van der Waals surface area contributed by atoms with Crippen molar-refractivity contribution >= 4 is 69.8 Å². The summed E-state index contributed by atoms with van der Waals surface area (Å²) in [6, 6.07) is 22.2. The SMILES string of the molecule is COc1cc2c(cc1OCCCOc1cc3c(cc1C)C(=O)N1C=C(c4ccc(NC(=O)[C@H](C)CC(=O)[C@@H](N)C(C)C)cc4)C[C@H]1C=N3)N=C[C@@H]1CC(c3ccc(N4CCN(C)CC4)cc3)=CN1C2=O. The molecule has 3 amide bonds. The lowest BCUT2D eigenvalue weighted by Crippen LogP contribution is -2.44. The van der Waals surface area contributed by atoms with Crippen molar-refractivity contribution in [3.8, 4) is 17.2 Å². The van der Waals surface area contributed by atoms with Crippen molar-refractivity contribution in [2.45, 2.75) is 71.5 Å². The van der Waals surface area contributed by atoms with Gasteiger partial charge in [-0.15, -0.1) is 0 Å². The number of nitrogens with one attached hydrogen (secondary N) is 1. The molecule has 5 aliphatic rings. The van der Waals surface area contributed by atoms with Crippen molar-refractivity contribution in [3.05, 3.63) is 113 Å². The first-order chi connectivity index (χ1) is 33.7. The van der Waals surface area contributed by atoms with Gasteiger partial charge in [-0.3, -0.25) is 29.2 Å². The summed E-state index contributed by atoms with van der Waals surface area (Å²) in [6.45, 7) is 12.2. The number of aliphatic imine (C=N–C) groups is 2. The maximum Gasteiger partial charge on any atom is 0.260 e. The molecule has 0 aliphatic carbocycles. The Bertz CT molecular complexity index is 2790. The minimum absolute atomic E-state index is 0.00879. The number of methoxy groups -OCH3 is 1. The summed E-state index contributed by atoms with van der Waals surface area (Å²) in [5, 5.41) is 2.90. The van der Waals surface area contributed by atoms with E-state index in [9.17, 15) is 19.2 Å². The Morgan fingerprint density at radius 2 is 1.29 bits per heavy atom. The van der Waals surface area contributed by atoms with Gasteiger partial charge in [-0.25, -0.2) is 0 Å². The lowest BCUT2D eigenvalue weighted by molar-refractivity contribution is -0.127. The first-order valence-electron chi connectivity index (χ1n) is 24.3. The van der Waals surface area contributed by atoms with Crippen molar-refractivity contribution < 1.29 is 33.4 Å². The topological polar surface area (TPSA) is 172 Å². The van der Waals surface area contributed by atoms with Crippen LogP contribution in [0.3, 0.4) is 0 Å². The predicted molar refractivity (Wildman–Crippen MR) is 274 cm³/mol. The Labute approximate surface area is 409 Å². The van der Waals surface area contributed by atoms with Gasteiger partial charge >= 0.3 is 0 Å². The van der Waals surface area contributed by atoms with Gasteiger partial charge in [-0.05, 0) is 84.1 Å². The lowest BCUT2D eigenvalue weighted by Gasteiger charge is -2.34. The number of benzene rings is 4. The Morgan fingerprint density at radius 1 is 0.743 bits per heavy atom. The van der Waals surface area contributed by atoms with Gasteiger partial charge in [-0.2, -0.15) is 0 Å². The molecule has 0 bridgehead atoms. The average Bonchev–Trinajstić information content (AvgIpc) is 3.94. The highest BCUT2D eigenvalue weighted by molar-refractivity contribution is 6.06. The third-order valence-corrected chi connectivity index (χ3v) is 13.9. The van der Waals surface area contributed by atoms with Crippen LogP contribution < -0.4 is 30.2 Å². The number of nitrogens with two attached hydrogens (primary N) is 1. The third-order valence-electron chi connectivity index (χ3n) is 13.9. The van der Waals surface area contributed by atoms with E-state index in [-0.39, 0.29) is 47.9 Å². The van der Waals surface area contributed by atoms with Gasteiger partial charge in [0.15, 0.2) is 17.3 Å². The van der Waals surface area contributed by atoms with Gasteiger partial charge in [0.1, 0.15) is 5.75 Å². The molecule has 4 aromatic rings. The van der Waals surface area contributed by atoms with Gasteiger partial charge in [0, 0.05) is 106 Å². The van der Waals surface area contributed by atoms with E-state index in [0.717, 1.165) is 54.0 Å². The van der Waals surface area contributed by atoms with Crippen molar-refractivity contribution in [1.29, 1.82) is 0 Å². The number of aryl methyl sites for hydroxylation is 1. The summed E-state index contributed by atoms with van der Waals surface area (Å²) < 4.78 is 18.1. The number of hydrogen-bond acceptors (Lipinski definition) is 12. The molecule has 1 fully saturated rings. The van der Waals surface area contributed by atoms with Gasteiger partial charge in [-0.1, -0.05) is 45.0 Å². The summed E-state index contributed by atoms with van der Waals surface area (Å²) >= 11 is 0. The number of amides is 3. The summed E-state index contributed by atoms with van der Waals surface area (Å²) in [5.41, 5.74) is 14.7. The molecule has 70 heavy (non-hydrogen) atoms. The standard InChI is InChI=1S/C55H62N8O7/c1-33(2)52(56)48(64)23-35(4)53(65)59-40-12-8-36(9-13-40)38-24-42-29-57-46-27-49(34(3)22-44(46)54(66)62(42)31-38)69-20-7-21-70-51-28-47-45(26-50(51)68-6)55(67)63-32-39(25-43(63)30-58-47)37-10-14-41(15-11-37)61-18-16-60(5)17-19-61/h8-15,22,26-33,35,42-43,52H,7,16-21,23-25,56H2,1-6H3,(H,59,65)/t35-,42+,43+,52+/m1/s1. The minimum atomic E-state index is -0.589. The Hall–Kier alpha value is -7.10. The van der Waals surface area contributed by atoms with E-state index >= 15 is 0 Å².